The number of rotatable bonds is 7. The molecule has 0 fully saturated rings. The van der Waals surface area contributed by atoms with Crippen molar-refractivity contribution in [3.63, 3.8) is 0 Å². The molecule has 0 bridgehead atoms. The van der Waals surface area contributed by atoms with E-state index in [2.05, 4.69) is 4.99 Å². The Morgan fingerprint density at radius 2 is 1.50 bits per heavy atom. The van der Waals surface area contributed by atoms with E-state index in [-0.39, 0.29) is 6.61 Å². The monoisotopic (exact) mass is 394 g/mol. The zero-order valence-electron chi connectivity index (χ0n) is 14.5. The number of aliphatic imine (C=N–C) groups is 1. The fraction of sp³-hybridized carbons (Fsp3) is 0.263. The van der Waals surface area contributed by atoms with Gasteiger partial charge >= 0.3 is 5.97 Å². The molecule has 138 valence electrons. The molecule has 0 radical (unpaired) electrons. The van der Waals surface area contributed by atoms with Gasteiger partial charge in [0.1, 0.15) is 6.61 Å². The molecular weight excluding hydrogens is 375 g/mol. The second kappa shape index (κ2) is 9.69. The van der Waals surface area contributed by atoms with Gasteiger partial charge in [-0.15, -0.1) is 0 Å². The summed E-state index contributed by atoms with van der Waals surface area (Å²) in [6, 6.07) is 13.9. The highest BCUT2D eigenvalue weighted by Gasteiger charge is 2.18. The number of benzene rings is 2. The molecule has 1 unspecified atom stereocenters. The van der Waals surface area contributed by atoms with E-state index < -0.39 is 12.2 Å². The Kier molecular flexibility index (Phi) is 7.60. The Bertz CT molecular complexity index is 712. The van der Waals surface area contributed by atoms with Crippen LogP contribution in [-0.2, 0) is 9.53 Å². The zero-order chi connectivity index (χ0) is 19.1. The molecule has 1 N–H and O–H groups in total. The van der Waals surface area contributed by atoms with Gasteiger partial charge in [-0.1, -0.05) is 47.5 Å². The molecule has 0 aliphatic carbocycles. The molecule has 0 spiro atoms. The van der Waals surface area contributed by atoms with Gasteiger partial charge in [0.2, 0.25) is 6.23 Å². The van der Waals surface area contributed by atoms with Crippen LogP contribution in [0.4, 0.5) is 0 Å². The van der Waals surface area contributed by atoms with Gasteiger partial charge < -0.3 is 14.7 Å². The summed E-state index contributed by atoms with van der Waals surface area (Å²) in [5, 5.41) is 11.3. The predicted octanol–water partition coefficient (Wildman–Crippen LogP) is 3.25. The average Bonchev–Trinajstić information content (AvgIpc) is 2.61. The van der Waals surface area contributed by atoms with Crippen LogP contribution >= 0.6 is 23.2 Å². The Hall–Kier alpha value is -1.92. The molecular formula is C19H20Cl2N2O3. The fourth-order valence-electron chi connectivity index (χ4n) is 2.11. The van der Waals surface area contributed by atoms with Crippen LogP contribution in [0.25, 0.3) is 0 Å². The number of carbonyl (C=O) groups is 1. The number of carbonyl (C=O) groups excluding carboxylic acids is 1. The molecule has 2 aromatic carbocycles. The highest BCUT2D eigenvalue weighted by atomic mass is 35.5. The van der Waals surface area contributed by atoms with Crippen molar-refractivity contribution >= 4 is 34.9 Å². The van der Waals surface area contributed by atoms with E-state index in [0.29, 0.717) is 33.4 Å². The third-order valence-electron chi connectivity index (χ3n) is 3.48. The summed E-state index contributed by atoms with van der Waals surface area (Å²) in [7, 11) is 3.73. The minimum Gasteiger partial charge on any atom is -0.461 e. The van der Waals surface area contributed by atoms with Gasteiger partial charge in [0.15, 0.2) is 0 Å². The lowest BCUT2D eigenvalue weighted by Gasteiger charge is -2.13. The molecule has 2 rings (SSSR count). The van der Waals surface area contributed by atoms with Gasteiger partial charge in [-0.25, -0.2) is 9.79 Å². The molecule has 7 heteroatoms. The Morgan fingerprint density at radius 1 is 1.04 bits per heavy atom. The first-order valence-electron chi connectivity index (χ1n) is 7.96. The quantitative estimate of drug-likeness (QED) is 0.578. The minimum atomic E-state index is -1.63. The standard InChI is InChI=1S/C19H20Cl2N2O3/c1-23(2)11-12-26-19(25)18(24)22-17(13-3-7-15(20)8-4-13)14-5-9-16(21)10-6-14/h3-10,18,24H,11-12H2,1-2H3. The molecule has 0 saturated heterocycles. The number of aliphatic hydroxyl groups is 1. The first kappa shape index (κ1) is 20.4. The third-order valence-corrected chi connectivity index (χ3v) is 3.98. The number of ether oxygens (including phenoxy) is 1. The molecule has 0 aliphatic rings. The van der Waals surface area contributed by atoms with Crippen molar-refractivity contribution in [3.05, 3.63) is 69.7 Å². The van der Waals surface area contributed by atoms with Crippen LogP contribution in [0, 0.1) is 0 Å². The Labute approximate surface area is 162 Å². The van der Waals surface area contributed by atoms with Crippen molar-refractivity contribution in [2.24, 2.45) is 4.99 Å². The molecule has 0 aromatic heterocycles. The van der Waals surface area contributed by atoms with Crippen LogP contribution in [0.15, 0.2) is 53.5 Å². The Balaban J connectivity index is 2.27. The first-order chi connectivity index (χ1) is 12.4. The van der Waals surface area contributed by atoms with E-state index in [1.165, 1.54) is 0 Å². The lowest BCUT2D eigenvalue weighted by atomic mass is 10.0. The van der Waals surface area contributed by atoms with Gasteiger partial charge in [-0.2, -0.15) is 0 Å². The van der Waals surface area contributed by atoms with Crippen LogP contribution in [-0.4, -0.2) is 55.2 Å². The lowest BCUT2D eigenvalue weighted by Crippen LogP contribution is -2.27. The zero-order valence-corrected chi connectivity index (χ0v) is 16.0. The van der Waals surface area contributed by atoms with E-state index in [0.717, 1.165) is 0 Å². The van der Waals surface area contributed by atoms with Crippen LogP contribution in [0.1, 0.15) is 11.1 Å². The van der Waals surface area contributed by atoms with E-state index >= 15 is 0 Å². The number of halogens is 2. The second-order valence-corrected chi connectivity index (χ2v) is 6.71. The number of likely N-dealkylation sites (N-methyl/N-ethyl adjacent to an activating group) is 1. The van der Waals surface area contributed by atoms with E-state index in [1.807, 2.05) is 19.0 Å². The maximum absolute atomic E-state index is 12.0. The maximum atomic E-state index is 12.0. The van der Waals surface area contributed by atoms with Crippen LogP contribution in [0.5, 0.6) is 0 Å². The third kappa shape index (κ3) is 6.11. The van der Waals surface area contributed by atoms with Crippen molar-refractivity contribution in [3.8, 4) is 0 Å². The molecule has 5 nitrogen and oxygen atoms in total. The highest BCUT2D eigenvalue weighted by molar-refractivity contribution is 6.31. The summed E-state index contributed by atoms with van der Waals surface area (Å²) in [5.41, 5.74) is 1.85. The summed E-state index contributed by atoms with van der Waals surface area (Å²) in [5.74, 6) is -0.799. The molecule has 2 aromatic rings. The van der Waals surface area contributed by atoms with Crippen molar-refractivity contribution in [1.29, 1.82) is 0 Å². The van der Waals surface area contributed by atoms with Crippen molar-refractivity contribution in [1.82, 2.24) is 4.90 Å². The molecule has 0 heterocycles. The largest absolute Gasteiger partial charge is 0.461 e. The lowest BCUT2D eigenvalue weighted by molar-refractivity contribution is -0.153. The normalized spacial score (nSPS) is 11.9. The molecule has 26 heavy (non-hydrogen) atoms. The predicted molar refractivity (Wildman–Crippen MR) is 104 cm³/mol. The summed E-state index contributed by atoms with van der Waals surface area (Å²) >= 11 is 11.9. The molecule has 1 atom stereocenters. The number of aliphatic hydroxyl groups excluding tert-OH is 1. The van der Waals surface area contributed by atoms with Gasteiger partial charge in [-0.05, 0) is 38.4 Å². The average molecular weight is 395 g/mol. The van der Waals surface area contributed by atoms with E-state index in [9.17, 15) is 9.90 Å². The van der Waals surface area contributed by atoms with E-state index in [4.69, 9.17) is 27.9 Å². The van der Waals surface area contributed by atoms with Crippen LogP contribution in [0.3, 0.4) is 0 Å². The van der Waals surface area contributed by atoms with Crippen LogP contribution in [0.2, 0.25) is 10.0 Å². The van der Waals surface area contributed by atoms with Gasteiger partial charge in [-0.3, -0.25) is 0 Å². The smallest absolute Gasteiger partial charge is 0.358 e. The number of hydrogen-bond donors (Lipinski definition) is 1. The topological polar surface area (TPSA) is 62.1 Å². The maximum Gasteiger partial charge on any atom is 0.358 e. The Morgan fingerprint density at radius 3 is 1.92 bits per heavy atom. The summed E-state index contributed by atoms with van der Waals surface area (Å²) in [6.45, 7) is 0.735. The SMILES string of the molecule is CN(C)CCOC(=O)C(O)N=C(c1ccc(Cl)cc1)c1ccc(Cl)cc1. The summed E-state index contributed by atoms with van der Waals surface area (Å²) in [4.78, 5) is 18.0. The van der Waals surface area contributed by atoms with Crippen molar-refractivity contribution < 1.29 is 14.6 Å². The van der Waals surface area contributed by atoms with Crippen molar-refractivity contribution in [2.45, 2.75) is 6.23 Å². The van der Waals surface area contributed by atoms with Crippen LogP contribution < -0.4 is 0 Å². The fourth-order valence-corrected chi connectivity index (χ4v) is 2.36. The molecule has 0 amide bonds. The minimum absolute atomic E-state index is 0.176. The number of esters is 1. The highest BCUT2D eigenvalue weighted by Crippen LogP contribution is 2.18. The molecule has 0 aliphatic heterocycles. The first-order valence-corrected chi connectivity index (χ1v) is 8.71. The van der Waals surface area contributed by atoms with Gasteiger partial charge in [0, 0.05) is 27.7 Å². The summed E-state index contributed by atoms with van der Waals surface area (Å²) in [6.07, 6.45) is -1.63. The van der Waals surface area contributed by atoms with E-state index in [1.54, 1.807) is 48.5 Å². The van der Waals surface area contributed by atoms with Gasteiger partial charge in [0.05, 0.1) is 5.71 Å². The molecule has 0 saturated carbocycles. The van der Waals surface area contributed by atoms with Crippen molar-refractivity contribution in [2.75, 3.05) is 27.2 Å². The number of hydrogen-bond acceptors (Lipinski definition) is 5. The number of nitrogens with zero attached hydrogens (tertiary/aromatic N) is 2. The van der Waals surface area contributed by atoms with Gasteiger partial charge in [0.25, 0.3) is 0 Å². The second-order valence-electron chi connectivity index (χ2n) is 5.84. The summed E-state index contributed by atoms with van der Waals surface area (Å²) < 4.78 is 5.05.